The number of rotatable bonds is 11. The third kappa shape index (κ3) is 8.68. The van der Waals surface area contributed by atoms with Gasteiger partial charge in [0.1, 0.15) is 6.10 Å². The van der Waals surface area contributed by atoms with Gasteiger partial charge in [-0.1, -0.05) is 46.0 Å². The van der Waals surface area contributed by atoms with Crippen LogP contribution in [0.3, 0.4) is 0 Å². The maximum Gasteiger partial charge on any atom is 0.132 e. The molecule has 96 valence electrons. The average molecular weight is 231 g/mol. The van der Waals surface area contributed by atoms with Crippen LogP contribution in [0.15, 0.2) is 0 Å². The maximum atomic E-state index is 10.7. The number of hydrogen-bond acceptors (Lipinski definition) is 4. The van der Waals surface area contributed by atoms with Crippen molar-refractivity contribution in [1.82, 2.24) is 0 Å². The van der Waals surface area contributed by atoms with E-state index in [9.17, 15) is 9.90 Å². The van der Waals surface area contributed by atoms with Crippen molar-refractivity contribution in [2.24, 2.45) is 0 Å². The van der Waals surface area contributed by atoms with Gasteiger partial charge in [0.05, 0.1) is 12.6 Å². The lowest BCUT2D eigenvalue weighted by molar-refractivity contribution is -0.364. The van der Waals surface area contributed by atoms with Crippen LogP contribution in [0, 0.1) is 0 Å². The molecule has 0 aliphatic carbocycles. The molecule has 0 aromatic heterocycles. The summed E-state index contributed by atoms with van der Waals surface area (Å²) in [6, 6.07) is 0. The van der Waals surface area contributed by atoms with Crippen LogP contribution in [0.2, 0.25) is 0 Å². The highest BCUT2D eigenvalue weighted by atomic mass is 17.2. The van der Waals surface area contributed by atoms with Gasteiger partial charge in [0.2, 0.25) is 0 Å². The van der Waals surface area contributed by atoms with Gasteiger partial charge in [0.25, 0.3) is 0 Å². The third-order valence-electron chi connectivity index (χ3n) is 2.35. The van der Waals surface area contributed by atoms with Gasteiger partial charge in [-0.2, -0.15) is 0 Å². The van der Waals surface area contributed by atoms with Crippen LogP contribution in [0.5, 0.6) is 0 Å². The lowest BCUT2D eigenvalue weighted by atomic mass is 10.1. The summed E-state index contributed by atoms with van der Waals surface area (Å²) in [5.41, 5.74) is 0. The van der Waals surface area contributed by atoms with Crippen molar-refractivity contribution in [2.45, 2.75) is 64.9 Å². The summed E-state index contributed by atoms with van der Waals surface area (Å²) in [5, 5.41) is 10.7. The summed E-state index contributed by atoms with van der Waals surface area (Å²) in [7, 11) is 0. The first-order valence-electron chi connectivity index (χ1n) is 6.21. The molecule has 0 rings (SSSR count). The van der Waals surface area contributed by atoms with E-state index in [1.165, 1.54) is 0 Å². The minimum Gasteiger partial charge on any atom is -0.547 e. The van der Waals surface area contributed by atoms with E-state index in [4.69, 9.17) is 9.78 Å². The van der Waals surface area contributed by atoms with E-state index in [0.717, 1.165) is 38.5 Å². The lowest BCUT2D eigenvalue weighted by Crippen LogP contribution is -2.37. The number of carbonyl (C=O) groups is 1. The van der Waals surface area contributed by atoms with Gasteiger partial charge in [-0.05, 0) is 12.8 Å². The minimum absolute atomic E-state index is 0.440. The second kappa shape index (κ2) is 10.9. The molecule has 0 aromatic carbocycles. The Balaban J connectivity index is 3.59. The van der Waals surface area contributed by atoms with E-state index < -0.39 is 12.1 Å². The number of aliphatic carboxylic acids is 1. The van der Waals surface area contributed by atoms with Gasteiger partial charge in [0.15, 0.2) is 0 Å². The first-order chi connectivity index (χ1) is 7.72. The maximum absolute atomic E-state index is 10.7. The SMILES string of the molecule is CCCCCCC(OOCCCC)C(=O)[O-]. The van der Waals surface area contributed by atoms with E-state index in [1.54, 1.807) is 0 Å². The zero-order valence-corrected chi connectivity index (χ0v) is 10.4. The highest BCUT2D eigenvalue weighted by Crippen LogP contribution is 2.08. The molecule has 0 amide bonds. The predicted molar refractivity (Wildman–Crippen MR) is 59.5 cm³/mol. The van der Waals surface area contributed by atoms with Crippen LogP contribution in [0.4, 0.5) is 0 Å². The van der Waals surface area contributed by atoms with Crippen molar-refractivity contribution in [3.05, 3.63) is 0 Å². The smallest absolute Gasteiger partial charge is 0.132 e. The molecular weight excluding hydrogens is 208 g/mol. The monoisotopic (exact) mass is 231 g/mol. The van der Waals surface area contributed by atoms with Crippen molar-refractivity contribution in [3.63, 3.8) is 0 Å². The van der Waals surface area contributed by atoms with Crippen molar-refractivity contribution < 1.29 is 19.7 Å². The number of hydrogen-bond donors (Lipinski definition) is 0. The molecule has 0 spiro atoms. The second-order valence-electron chi connectivity index (χ2n) is 3.93. The van der Waals surface area contributed by atoms with Gasteiger partial charge in [0, 0.05) is 0 Å². The summed E-state index contributed by atoms with van der Waals surface area (Å²) in [4.78, 5) is 20.4. The second-order valence-corrected chi connectivity index (χ2v) is 3.93. The molecule has 0 N–H and O–H groups in total. The Morgan fingerprint density at radius 3 is 2.38 bits per heavy atom. The molecule has 16 heavy (non-hydrogen) atoms. The first kappa shape index (κ1) is 15.4. The van der Waals surface area contributed by atoms with Gasteiger partial charge in [-0.25, -0.2) is 9.78 Å². The minimum atomic E-state index is -1.19. The van der Waals surface area contributed by atoms with E-state index in [-0.39, 0.29) is 0 Å². The van der Waals surface area contributed by atoms with Gasteiger partial charge >= 0.3 is 0 Å². The Bertz CT molecular complexity index is 158. The molecule has 0 heterocycles. The van der Waals surface area contributed by atoms with Crippen molar-refractivity contribution in [1.29, 1.82) is 0 Å². The largest absolute Gasteiger partial charge is 0.547 e. The summed E-state index contributed by atoms with van der Waals surface area (Å²) < 4.78 is 0. The highest BCUT2D eigenvalue weighted by Gasteiger charge is 2.11. The number of carboxylic acids is 1. The Hall–Kier alpha value is -0.610. The van der Waals surface area contributed by atoms with Crippen LogP contribution in [-0.2, 0) is 14.6 Å². The fourth-order valence-corrected chi connectivity index (χ4v) is 1.30. The Kier molecular flexibility index (Phi) is 10.5. The molecule has 4 nitrogen and oxygen atoms in total. The first-order valence-corrected chi connectivity index (χ1v) is 6.21. The fraction of sp³-hybridized carbons (Fsp3) is 0.917. The standard InChI is InChI=1S/C12H24O4/c1-3-5-7-8-9-11(12(13)14)16-15-10-6-4-2/h11H,3-10H2,1-2H3,(H,13,14)/p-1. The predicted octanol–water partition coefficient (Wildman–Crippen LogP) is 1.82. The van der Waals surface area contributed by atoms with Gasteiger partial charge in [-0.15, -0.1) is 0 Å². The number of carbonyl (C=O) groups excluding carboxylic acids is 1. The van der Waals surface area contributed by atoms with E-state index in [2.05, 4.69) is 6.92 Å². The van der Waals surface area contributed by atoms with E-state index >= 15 is 0 Å². The van der Waals surface area contributed by atoms with Crippen molar-refractivity contribution in [2.75, 3.05) is 6.61 Å². The van der Waals surface area contributed by atoms with Crippen LogP contribution in [0.25, 0.3) is 0 Å². The van der Waals surface area contributed by atoms with Crippen LogP contribution in [0.1, 0.15) is 58.8 Å². The zero-order chi connectivity index (χ0) is 12.2. The van der Waals surface area contributed by atoms with Crippen molar-refractivity contribution in [3.8, 4) is 0 Å². The third-order valence-corrected chi connectivity index (χ3v) is 2.35. The van der Waals surface area contributed by atoms with Gasteiger partial charge in [-0.3, -0.25) is 0 Å². The molecule has 0 saturated heterocycles. The van der Waals surface area contributed by atoms with Crippen LogP contribution < -0.4 is 5.11 Å². The molecule has 0 aliphatic heterocycles. The molecule has 4 heteroatoms. The molecule has 1 unspecified atom stereocenters. The van der Waals surface area contributed by atoms with Crippen LogP contribution >= 0.6 is 0 Å². The quantitative estimate of drug-likeness (QED) is 0.309. The topological polar surface area (TPSA) is 58.6 Å². The Morgan fingerprint density at radius 2 is 1.81 bits per heavy atom. The summed E-state index contributed by atoms with van der Waals surface area (Å²) >= 11 is 0. The molecular formula is C12H23O4-. The molecule has 0 fully saturated rings. The lowest BCUT2D eigenvalue weighted by Gasteiger charge is -2.17. The molecule has 0 bridgehead atoms. The normalized spacial score (nSPS) is 12.6. The van der Waals surface area contributed by atoms with Crippen molar-refractivity contribution >= 4 is 5.97 Å². The number of unbranched alkanes of at least 4 members (excludes halogenated alkanes) is 4. The molecule has 0 radical (unpaired) electrons. The molecule has 1 atom stereocenters. The number of carboxylic acid groups (broad SMARTS) is 1. The summed E-state index contributed by atoms with van der Waals surface area (Å²) in [6.07, 6.45) is 5.52. The molecule has 0 saturated carbocycles. The fourth-order valence-electron chi connectivity index (χ4n) is 1.30. The van der Waals surface area contributed by atoms with E-state index in [1.807, 2.05) is 6.92 Å². The van der Waals surface area contributed by atoms with Crippen LogP contribution in [-0.4, -0.2) is 18.7 Å². The molecule has 0 aromatic rings. The Labute approximate surface area is 97.9 Å². The Morgan fingerprint density at radius 1 is 1.12 bits per heavy atom. The average Bonchev–Trinajstić information content (AvgIpc) is 2.26. The summed E-state index contributed by atoms with van der Waals surface area (Å²) in [5.74, 6) is -1.19. The summed E-state index contributed by atoms with van der Waals surface area (Å²) in [6.45, 7) is 4.58. The van der Waals surface area contributed by atoms with Gasteiger partial charge < -0.3 is 9.90 Å². The zero-order valence-electron chi connectivity index (χ0n) is 10.4. The van der Waals surface area contributed by atoms with E-state index in [0.29, 0.717) is 13.0 Å². The molecule has 0 aliphatic rings. The highest BCUT2D eigenvalue weighted by molar-refractivity contribution is 5.69.